The van der Waals surface area contributed by atoms with Crippen molar-refractivity contribution < 1.29 is 10.2 Å². The Morgan fingerprint density at radius 2 is 1.94 bits per heavy atom. The summed E-state index contributed by atoms with van der Waals surface area (Å²) in [6.07, 6.45) is -0.361. The van der Waals surface area contributed by atoms with Crippen LogP contribution in [0.2, 0.25) is 0 Å². The first-order valence-electron chi connectivity index (χ1n) is 5.79. The predicted octanol–water partition coefficient (Wildman–Crippen LogP) is 0.431. The third kappa shape index (κ3) is 2.28. The number of nitrogen functional groups attached to an aromatic ring is 1. The van der Waals surface area contributed by atoms with Gasteiger partial charge in [-0.3, -0.25) is 0 Å². The Labute approximate surface area is 105 Å². The fraction of sp³-hybridized carbons (Fsp3) is 0.308. The van der Waals surface area contributed by atoms with Crippen LogP contribution in [0.25, 0.3) is 10.8 Å². The number of fused-ring (bicyclic) bond motifs is 1. The maximum atomic E-state index is 10.1. The quantitative estimate of drug-likeness (QED) is 0.629. The number of nitrogens with zero attached hydrogens (tertiary/aromatic N) is 1. The summed E-state index contributed by atoms with van der Waals surface area (Å²) in [6.45, 7) is 0.305. The minimum absolute atomic E-state index is 0.305. The summed E-state index contributed by atoms with van der Waals surface area (Å²) in [7, 11) is 1.72. The molecule has 96 valence electrons. The third-order valence-corrected chi connectivity index (χ3v) is 2.95. The Hall–Kier alpha value is -1.69. The molecule has 0 aliphatic rings. The summed E-state index contributed by atoms with van der Waals surface area (Å²) < 4.78 is 0. The molecule has 1 aromatic heterocycles. The molecule has 1 heterocycles. The van der Waals surface area contributed by atoms with Gasteiger partial charge in [-0.25, -0.2) is 4.98 Å². The molecule has 2 aromatic rings. The summed E-state index contributed by atoms with van der Waals surface area (Å²) in [4.78, 5) is 4.06. The summed E-state index contributed by atoms with van der Waals surface area (Å²) in [6, 6.07) is 7.43. The van der Waals surface area contributed by atoms with Crippen molar-refractivity contribution in [2.24, 2.45) is 0 Å². The summed E-state index contributed by atoms with van der Waals surface area (Å²) >= 11 is 0. The number of nitrogens with one attached hydrogen (secondary N) is 1. The van der Waals surface area contributed by atoms with Crippen molar-refractivity contribution in [3.63, 3.8) is 0 Å². The van der Waals surface area contributed by atoms with Crippen molar-refractivity contribution in [3.8, 4) is 0 Å². The average Bonchev–Trinajstić information content (AvgIpc) is 2.39. The average molecular weight is 247 g/mol. The molecule has 2 atom stereocenters. The van der Waals surface area contributed by atoms with Crippen LogP contribution in [0.4, 0.5) is 5.82 Å². The van der Waals surface area contributed by atoms with E-state index in [0.717, 1.165) is 10.8 Å². The highest BCUT2D eigenvalue weighted by Gasteiger charge is 2.20. The molecular weight excluding hydrogens is 230 g/mol. The van der Waals surface area contributed by atoms with Gasteiger partial charge in [0.25, 0.3) is 0 Å². The van der Waals surface area contributed by atoms with E-state index in [4.69, 9.17) is 5.73 Å². The van der Waals surface area contributed by atoms with Gasteiger partial charge in [0.05, 0.1) is 6.10 Å². The first-order chi connectivity index (χ1) is 8.65. The molecule has 0 saturated heterocycles. The Morgan fingerprint density at radius 3 is 2.61 bits per heavy atom. The molecule has 0 fully saturated rings. The molecule has 1 aromatic carbocycles. The zero-order valence-corrected chi connectivity index (χ0v) is 10.2. The zero-order chi connectivity index (χ0) is 13.1. The van der Waals surface area contributed by atoms with Gasteiger partial charge in [0.1, 0.15) is 11.9 Å². The topological polar surface area (TPSA) is 91.4 Å². The lowest BCUT2D eigenvalue weighted by Gasteiger charge is -2.19. The van der Waals surface area contributed by atoms with Crippen LogP contribution in [0.1, 0.15) is 11.7 Å². The molecule has 2 rings (SSSR count). The molecule has 0 bridgehead atoms. The van der Waals surface area contributed by atoms with Crippen LogP contribution in [0.3, 0.4) is 0 Å². The van der Waals surface area contributed by atoms with Crippen molar-refractivity contribution in [1.82, 2.24) is 10.3 Å². The number of aliphatic hydroxyl groups is 2. The van der Waals surface area contributed by atoms with Crippen LogP contribution in [0, 0.1) is 0 Å². The molecule has 0 amide bonds. The van der Waals surface area contributed by atoms with E-state index in [1.54, 1.807) is 7.05 Å². The van der Waals surface area contributed by atoms with Crippen molar-refractivity contribution in [2.75, 3.05) is 19.3 Å². The lowest BCUT2D eigenvalue weighted by Crippen LogP contribution is -2.29. The van der Waals surface area contributed by atoms with Gasteiger partial charge >= 0.3 is 0 Å². The van der Waals surface area contributed by atoms with Gasteiger partial charge in [-0.05, 0) is 12.4 Å². The SMILES string of the molecule is CNCC(O)C(O)c1cnc(N)c2ccccc12. The number of benzene rings is 1. The second-order valence-electron chi connectivity index (χ2n) is 4.21. The molecule has 5 nitrogen and oxygen atoms in total. The van der Waals surface area contributed by atoms with E-state index in [2.05, 4.69) is 10.3 Å². The van der Waals surface area contributed by atoms with E-state index in [9.17, 15) is 10.2 Å². The molecule has 5 N–H and O–H groups in total. The number of hydrogen-bond donors (Lipinski definition) is 4. The smallest absolute Gasteiger partial charge is 0.131 e. The highest BCUT2D eigenvalue weighted by atomic mass is 16.3. The van der Waals surface area contributed by atoms with Crippen LogP contribution in [-0.4, -0.2) is 34.9 Å². The Morgan fingerprint density at radius 1 is 1.28 bits per heavy atom. The molecule has 0 aliphatic carbocycles. The van der Waals surface area contributed by atoms with Gasteiger partial charge in [-0.1, -0.05) is 24.3 Å². The second-order valence-corrected chi connectivity index (χ2v) is 4.21. The standard InChI is InChI=1S/C13H17N3O2/c1-15-7-11(17)12(18)10-6-16-13(14)9-5-3-2-4-8(9)10/h2-6,11-12,15,17-18H,7H2,1H3,(H2,14,16). The van der Waals surface area contributed by atoms with Gasteiger partial charge in [0.15, 0.2) is 0 Å². The zero-order valence-electron chi connectivity index (χ0n) is 10.2. The number of aromatic nitrogens is 1. The third-order valence-electron chi connectivity index (χ3n) is 2.95. The molecular formula is C13H17N3O2. The number of hydrogen-bond acceptors (Lipinski definition) is 5. The van der Waals surface area contributed by atoms with Crippen LogP contribution in [0.15, 0.2) is 30.5 Å². The highest BCUT2D eigenvalue weighted by molar-refractivity contribution is 5.93. The summed E-state index contributed by atoms with van der Waals surface area (Å²) in [5.74, 6) is 0.421. The van der Waals surface area contributed by atoms with Crippen molar-refractivity contribution in [2.45, 2.75) is 12.2 Å². The van der Waals surface area contributed by atoms with Gasteiger partial charge in [0.2, 0.25) is 0 Å². The van der Waals surface area contributed by atoms with Crippen LogP contribution < -0.4 is 11.1 Å². The minimum Gasteiger partial charge on any atom is -0.389 e. The lowest BCUT2D eigenvalue weighted by molar-refractivity contribution is 0.0209. The van der Waals surface area contributed by atoms with Crippen LogP contribution >= 0.6 is 0 Å². The van der Waals surface area contributed by atoms with E-state index in [1.165, 1.54) is 6.20 Å². The van der Waals surface area contributed by atoms with E-state index in [-0.39, 0.29) is 0 Å². The van der Waals surface area contributed by atoms with E-state index in [1.807, 2.05) is 24.3 Å². The normalized spacial score (nSPS) is 14.6. The summed E-state index contributed by atoms with van der Waals surface area (Å²) in [5, 5.41) is 24.4. The molecule has 0 radical (unpaired) electrons. The fourth-order valence-electron chi connectivity index (χ4n) is 2.00. The summed E-state index contributed by atoms with van der Waals surface area (Å²) in [5.41, 5.74) is 6.38. The van der Waals surface area contributed by atoms with E-state index >= 15 is 0 Å². The molecule has 0 spiro atoms. The van der Waals surface area contributed by atoms with Crippen molar-refractivity contribution >= 4 is 16.6 Å². The van der Waals surface area contributed by atoms with Gasteiger partial charge in [-0.2, -0.15) is 0 Å². The number of likely N-dealkylation sites (N-methyl/N-ethyl adjacent to an activating group) is 1. The number of aliphatic hydroxyl groups excluding tert-OH is 2. The maximum Gasteiger partial charge on any atom is 0.131 e. The van der Waals surface area contributed by atoms with Crippen molar-refractivity contribution in [1.29, 1.82) is 0 Å². The number of pyridine rings is 1. The Kier molecular flexibility index (Phi) is 3.76. The number of rotatable bonds is 4. The Bertz CT molecular complexity index is 545. The first-order valence-corrected chi connectivity index (χ1v) is 5.79. The van der Waals surface area contributed by atoms with Gasteiger partial charge < -0.3 is 21.3 Å². The Balaban J connectivity index is 2.48. The maximum absolute atomic E-state index is 10.1. The van der Waals surface area contributed by atoms with Crippen LogP contribution in [-0.2, 0) is 0 Å². The fourth-order valence-corrected chi connectivity index (χ4v) is 2.00. The monoisotopic (exact) mass is 247 g/mol. The van der Waals surface area contributed by atoms with Gasteiger partial charge in [-0.15, -0.1) is 0 Å². The minimum atomic E-state index is -0.990. The molecule has 5 heteroatoms. The van der Waals surface area contributed by atoms with Gasteiger partial charge in [0, 0.05) is 23.7 Å². The molecule has 0 aliphatic heterocycles. The lowest BCUT2D eigenvalue weighted by atomic mass is 9.99. The second kappa shape index (κ2) is 5.30. The molecule has 2 unspecified atom stereocenters. The van der Waals surface area contributed by atoms with Crippen LogP contribution in [0.5, 0.6) is 0 Å². The predicted molar refractivity (Wildman–Crippen MR) is 71.0 cm³/mol. The van der Waals surface area contributed by atoms with E-state index in [0.29, 0.717) is 17.9 Å². The first kappa shape index (κ1) is 12.8. The molecule has 18 heavy (non-hydrogen) atoms. The number of nitrogens with two attached hydrogens (primary N) is 1. The van der Waals surface area contributed by atoms with Crippen molar-refractivity contribution in [3.05, 3.63) is 36.0 Å². The number of anilines is 1. The molecule has 0 saturated carbocycles. The highest BCUT2D eigenvalue weighted by Crippen LogP contribution is 2.28. The largest absolute Gasteiger partial charge is 0.389 e. The van der Waals surface area contributed by atoms with E-state index < -0.39 is 12.2 Å².